The van der Waals surface area contributed by atoms with Gasteiger partial charge in [0.2, 0.25) is 0 Å². The number of hydrogen-bond acceptors (Lipinski definition) is 4. The highest BCUT2D eigenvalue weighted by atomic mass is 32.2. The smallest absolute Gasteiger partial charge is 0.0963 e. The number of nitrogens with two attached hydrogens (primary N) is 1. The Labute approximate surface area is 96.1 Å². The van der Waals surface area contributed by atoms with Crippen molar-refractivity contribution in [1.82, 2.24) is 9.88 Å². The van der Waals surface area contributed by atoms with Crippen molar-refractivity contribution < 1.29 is 0 Å². The van der Waals surface area contributed by atoms with E-state index in [0.29, 0.717) is 0 Å². The molecule has 0 spiro atoms. The summed E-state index contributed by atoms with van der Waals surface area (Å²) in [5.74, 6) is 1.05. The molecule has 1 aromatic heterocycles. The normalized spacial score (nSPS) is 10.9. The molecule has 0 amide bonds. The molecule has 0 saturated heterocycles. The maximum Gasteiger partial charge on any atom is 0.0963 e. The molecule has 1 rings (SSSR count). The summed E-state index contributed by atoms with van der Waals surface area (Å²) < 4.78 is 0. The van der Waals surface area contributed by atoms with Gasteiger partial charge in [0.05, 0.1) is 10.7 Å². The van der Waals surface area contributed by atoms with E-state index in [0.717, 1.165) is 36.0 Å². The topological polar surface area (TPSA) is 42.1 Å². The van der Waals surface area contributed by atoms with Gasteiger partial charge in [0, 0.05) is 12.3 Å². The minimum absolute atomic E-state index is 0.754. The fourth-order valence-electron chi connectivity index (χ4n) is 1.21. The molecule has 0 unspecified atom stereocenters. The van der Waals surface area contributed by atoms with E-state index < -0.39 is 0 Å². The fraction of sp³-hybridized carbons (Fsp3) is 0.545. The third-order valence-electron chi connectivity index (χ3n) is 1.86. The Kier molecular flexibility index (Phi) is 5.68. The van der Waals surface area contributed by atoms with Crippen LogP contribution in [0.3, 0.4) is 0 Å². The maximum absolute atomic E-state index is 5.45. The molecule has 0 radical (unpaired) electrons. The third-order valence-corrected chi connectivity index (χ3v) is 2.87. The molecule has 2 N–H and O–H groups in total. The first-order valence-electron chi connectivity index (χ1n) is 5.16. The molecule has 4 heteroatoms. The van der Waals surface area contributed by atoms with E-state index in [1.165, 1.54) is 0 Å². The zero-order chi connectivity index (χ0) is 11.1. The largest absolute Gasteiger partial charge is 0.330 e. The van der Waals surface area contributed by atoms with Crippen molar-refractivity contribution in [2.75, 3.05) is 26.4 Å². The summed E-state index contributed by atoms with van der Waals surface area (Å²) in [6, 6.07) is 6.18. The second-order valence-electron chi connectivity index (χ2n) is 3.70. The summed E-state index contributed by atoms with van der Waals surface area (Å²) in [6.07, 6.45) is 1.05. The summed E-state index contributed by atoms with van der Waals surface area (Å²) in [6.45, 7) is 1.65. The lowest BCUT2D eigenvalue weighted by Gasteiger charge is -2.09. The molecular weight excluding hydrogens is 206 g/mol. The van der Waals surface area contributed by atoms with Crippen molar-refractivity contribution in [3.05, 3.63) is 23.9 Å². The van der Waals surface area contributed by atoms with E-state index >= 15 is 0 Å². The van der Waals surface area contributed by atoms with E-state index in [1.54, 1.807) is 11.8 Å². The fourth-order valence-corrected chi connectivity index (χ4v) is 2.09. The quantitative estimate of drug-likeness (QED) is 0.589. The van der Waals surface area contributed by atoms with Crippen LogP contribution in [0.4, 0.5) is 0 Å². The zero-order valence-electron chi connectivity index (χ0n) is 9.44. The van der Waals surface area contributed by atoms with E-state index in [1.807, 2.05) is 0 Å². The zero-order valence-corrected chi connectivity index (χ0v) is 10.3. The highest BCUT2D eigenvalue weighted by Crippen LogP contribution is 2.16. The van der Waals surface area contributed by atoms with Gasteiger partial charge in [-0.15, -0.1) is 11.8 Å². The van der Waals surface area contributed by atoms with Crippen LogP contribution in [-0.4, -0.2) is 36.3 Å². The second kappa shape index (κ2) is 6.82. The molecule has 0 bridgehead atoms. The molecule has 0 aromatic carbocycles. The highest BCUT2D eigenvalue weighted by molar-refractivity contribution is 7.99. The maximum atomic E-state index is 5.45. The minimum Gasteiger partial charge on any atom is -0.330 e. The Morgan fingerprint density at radius 3 is 2.87 bits per heavy atom. The predicted molar refractivity (Wildman–Crippen MR) is 66.0 cm³/mol. The summed E-state index contributed by atoms with van der Waals surface area (Å²) in [5, 5.41) is 1.10. The van der Waals surface area contributed by atoms with Gasteiger partial charge in [-0.2, -0.15) is 0 Å². The molecule has 0 atom stereocenters. The van der Waals surface area contributed by atoms with Crippen molar-refractivity contribution in [1.29, 1.82) is 0 Å². The monoisotopic (exact) mass is 225 g/mol. The molecule has 0 aliphatic rings. The molecule has 1 heterocycles. The average molecular weight is 225 g/mol. The Balaban J connectivity index is 2.50. The Bertz CT molecular complexity index is 289. The van der Waals surface area contributed by atoms with E-state index in [2.05, 4.69) is 42.2 Å². The average Bonchev–Trinajstić information content (AvgIpc) is 2.18. The van der Waals surface area contributed by atoms with Gasteiger partial charge in [-0.1, -0.05) is 6.07 Å². The van der Waals surface area contributed by atoms with Crippen molar-refractivity contribution in [2.24, 2.45) is 5.73 Å². The Morgan fingerprint density at radius 2 is 2.20 bits per heavy atom. The van der Waals surface area contributed by atoms with Gasteiger partial charge in [0.25, 0.3) is 0 Å². The molecule has 0 fully saturated rings. The van der Waals surface area contributed by atoms with Crippen LogP contribution in [0.5, 0.6) is 0 Å². The molecule has 0 aliphatic heterocycles. The van der Waals surface area contributed by atoms with Crippen molar-refractivity contribution in [3.63, 3.8) is 0 Å². The van der Waals surface area contributed by atoms with Crippen molar-refractivity contribution in [3.8, 4) is 0 Å². The van der Waals surface area contributed by atoms with Crippen LogP contribution in [0.1, 0.15) is 12.1 Å². The first-order valence-corrected chi connectivity index (χ1v) is 6.14. The lowest BCUT2D eigenvalue weighted by atomic mass is 10.3. The number of rotatable bonds is 6. The lowest BCUT2D eigenvalue weighted by Crippen LogP contribution is -2.11. The van der Waals surface area contributed by atoms with Gasteiger partial charge in [-0.05, 0) is 39.2 Å². The van der Waals surface area contributed by atoms with Crippen LogP contribution in [0, 0.1) is 0 Å². The van der Waals surface area contributed by atoms with Crippen molar-refractivity contribution in [2.45, 2.75) is 18.0 Å². The van der Waals surface area contributed by atoms with Gasteiger partial charge >= 0.3 is 0 Å². The molecule has 1 aromatic rings. The standard InChI is InChI=1S/C11H19N3S/c1-14(2)9-10-5-3-6-11(13-10)15-8-4-7-12/h3,5-6H,4,7-9,12H2,1-2H3. The Hall–Kier alpha value is -0.580. The van der Waals surface area contributed by atoms with E-state index in [4.69, 9.17) is 5.73 Å². The van der Waals surface area contributed by atoms with Gasteiger partial charge in [-0.25, -0.2) is 4.98 Å². The van der Waals surface area contributed by atoms with Crippen LogP contribution in [-0.2, 0) is 6.54 Å². The van der Waals surface area contributed by atoms with Gasteiger partial charge in [0.15, 0.2) is 0 Å². The minimum atomic E-state index is 0.754. The third kappa shape index (κ3) is 5.16. The first-order chi connectivity index (χ1) is 7.22. The lowest BCUT2D eigenvalue weighted by molar-refractivity contribution is 0.395. The summed E-state index contributed by atoms with van der Waals surface area (Å²) >= 11 is 1.78. The molecule has 84 valence electrons. The van der Waals surface area contributed by atoms with Gasteiger partial charge in [-0.3, -0.25) is 0 Å². The molecule has 15 heavy (non-hydrogen) atoms. The predicted octanol–water partition coefficient (Wildman–Crippen LogP) is 1.58. The number of nitrogens with zero attached hydrogens (tertiary/aromatic N) is 2. The number of hydrogen-bond donors (Lipinski definition) is 1. The summed E-state index contributed by atoms with van der Waals surface area (Å²) in [7, 11) is 4.10. The van der Waals surface area contributed by atoms with Crippen LogP contribution in [0.2, 0.25) is 0 Å². The molecule has 0 aliphatic carbocycles. The SMILES string of the molecule is CN(C)Cc1cccc(SCCCN)n1. The molecule has 3 nitrogen and oxygen atoms in total. The number of pyridine rings is 1. The molecule has 0 saturated carbocycles. The second-order valence-corrected chi connectivity index (χ2v) is 4.81. The van der Waals surface area contributed by atoms with Gasteiger partial charge in [0.1, 0.15) is 0 Å². The number of thioether (sulfide) groups is 1. The van der Waals surface area contributed by atoms with Gasteiger partial charge < -0.3 is 10.6 Å². The first kappa shape index (κ1) is 12.5. The van der Waals surface area contributed by atoms with Crippen molar-refractivity contribution >= 4 is 11.8 Å². The van der Waals surface area contributed by atoms with E-state index in [9.17, 15) is 0 Å². The van der Waals surface area contributed by atoms with Crippen LogP contribution >= 0.6 is 11.8 Å². The summed E-state index contributed by atoms with van der Waals surface area (Å²) in [5.41, 5.74) is 6.57. The van der Waals surface area contributed by atoms with Crippen LogP contribution in [0.25, 0.3) is 0 Å². The summed E-state index contributed by atoms with van der Waals surface area (Å²) in [4.78, 5) is 6.69. The Morgan fingerprint density at radius 1 is 1.40 bits per heavy atom. The van der Waals surface area contributed by atoms with Crippen LogP contribution in [0.15, 0.2) is 23.2 Å². The number of aromatic nitrogens is 1. The van der Waals surface area contributed by atoms with E-state index in [-0.39, 0.29) is 0 Å². The molecular formula is C11H19N3S. The highest BCUT2D eigenvalue weighted by Gasteiger charge is 1.99. The van der Waals surface area contributed by atoms with Crippen LogP contribution < -0.4 is 5.73 Å².